The molecule has 0 aromatic carbocycles. The van der Waals surface area contributed by atoms with Crippen molar-refractivity contribution in [2.45, 2.75) is 19.9 Å². The van der Waals surface area contributed by atoms with E-state index in [-0.39, 0.29) is 11.6 Å². The van der Waals surface area contributed by atoms with Crippen LogP contribution in [0.1, 0.15) is 35.0 Å². The SMILES string of the molecule is COC(=O)c1cc(N)cnc1NC(C)c1ncc(C)o1. The third kappa shape index (κ3) is 2.87. The number of anilines is 2. The highest BCUT2D eigenvalue weighted by molar-refractivity contribution is 5.95. The quantitative estimate of drug-likeness (QED) is 0.822. The van der Waals surface area contributed by atoms with Crippen molar-refractivity contribution in [3.8, 4) is 0 Å². The Labute approximate surface area is 116 Å². The Kier molecular flexibility index (Phi) is 3.88. The molecule has 0 aliphatic rings. The molecule has 0 fully saturated rings. The topological polar surface area (TPSA) is 103 Å². The van der Waals surface area contributed by atoms with Gasteiger partial charge in [0, 0.05) is 0 Å². The van der Waals surface area contributed by atoms with E-state index in [0.29, 0.717) is 23.2 Å². The van der Waals surface area contributed by atoms with Crippen molar-refractivity contribution >= 4 is 17.5 Å². The number of aromatic nitrogens is 2. The first kappa shape index (κ1) is 13.9. The Morgan fingerprint density at radius 1 is 1.45 bits per heavy atom. The molecule has 2 rings (SSSR count). The summed E-state index contributed by atoms with van der Waals surface area (Å²) < 4.78 is 10.1. The number of nitrogen functional groups attached to an aromatic ring is 1. The molecule has 0 aliphatic heterocycles. The van der Waals surface area contributed by atoms with Crippen LogP contribution in [0.5, 0.6) is 0 Å². The maximum absolute atomic E-state index is 11.7. The fourth-order valence-corrected chi connectivity index (χ4v) is 1.70. The molecule has 2 heterocycles. The number of esters is 1. The van der Waals surface area contributed by atoms with E-state index in [1.807, 2.05) is 13.8 Å². The number of rotatable bonds is 4. The number of ether oxygens (including phenoxy) is 1. The van der Waals surface area contributed by atoms with Crippen molar-refractivity contribution in [1.82, 2.24) is 9.97 Å². The van der Waals surface area contributed by atoms with Crippen LogP contribution in [0, 0.1) is 6.92 Å². The monoisotopic (exact) mass is 276 g/mol. The molecule has 0 saturated carbocycles. The normalized spacial score (nSPS) is 11.9. The van der Waals surface area contributed by atoms with Crippen LogP contribution in [0.15, 0.2) is 22.9 Å². The van der Waals surface area contributed by atoms with Gasteiger partial charge in [-0.05, 0) is 19.9 Å². The molecule has 0 aliphatic carbocycles. The zero-order valence-electron chi connectivity index (χ0n) is 11.5. The molecule has 7 nitrogen and oxygen atoms in total. The number of methoxy groups -OCH3 is 1. The molecule has 0 saturated heterocycles. The number of oxazole rings is 1. The van der Waals surface area contributed by atoms with E-state index in [2.05, 4.69) is 15.3 Å². The zero-order chi connectivity index (χ0) is 14.7. The number of hydrogen-bond donors (Lipinski definition) is 2. The molecule has 20 heavy (non-hydrogen) atoms. The van der Waals surface area contributed by atoms with Crippen LogP contribution in [0.25, 0.3) is 0 Å². The molecule has 2 aromatic heterocycles. The summed E-state index contributed by atoms with van der Waals surface area (Å²) in [6, 6.07) is 1.26. The van der Waals surface area contributed by atoms with Gasteiger partial charge in [-0.25, -0.2) is 14.8 Å². The summed E-state index contributed by atoms with van der Waals surface area (Å²) in [5.41, 5.74) is 6.29. The smallest absolute Gasteiger partial charge is 0.341 e. The van der Waals surface area contributed by atoms with Gasteiger partial charge in [0.1, 0.15) is 23.2 Å². The predicted octanol–water partition coefficient (Wildman–Crippen LogP) is 1.92. The van der Waals surface area contributed by atoms with Gasteiger partial charge < -0.3 is 20.2 Å². The Bertz CT molecular complexity index is 624. The largest absolute Gasteiger partial charge is 0.465 e. The van der Waals surface area contributed by atoms with E-state index in [0.717, 1.165) is 0 Å². The fraction of sp³-hybridized carbons (Fsp3) is 0.308. The molecular formula is C13H16N4O3. The molecule has 3 N–H and O–H groups in total. The number of nitrogens with two attached hydrogens (primary N) is 1. The van der Waals surface area contributed by atoms with Crippen LogP contribution in [0.2, 0.25) is 0 Å². The maximum atomic E-state index is 11.7. The van der Waals surface area contributed by atoms with Gasteiger partial charge in [0.05, 0.1) is 25.2 Å². The van der Waals surface area contributed by atoms with Gasteiger partial charge in [0.2, 0.25) is 5.89 Å². The number of hydrogen-bond acceptors (Lipinski definition) is 7. The van der Waals surface area contributed by atoms with E-state index >= 15 is 0 Å². The van der Waals surface area contributed by atoms with Gasteiger partial charge in [0.25, 0.3) is 0 Å². The van der Waals surface area contributed by atoms with Crippen molar-refractivity contribution in [1.29, 1.82) is 0 Å². The summed E-state index contributed by atoms with van der Waals surface area (Å²) in [4.78, 5) is 20.0. The molecule has 1 atom stereocenters. The van der Waals surface area contributed by atoms with Gasteiger partial charge in [-0.15, -0.1) is 0 Å². The second kappa shape index (κ2) is 5.60. The summed E-state index contributed by atoms with van der Waals surface area (Å²) in [6.45, 7) is 3.66. The number of carbonyl (C=O) groups is 1. The molecule has 0 bridgehead atoms. The highest BCUT2D eigenvalue weighted by atomic mass is 16.5. The summed E-state index contributed by atoms with van der Waals surface area (Å²) >= 11 is 0. The van der Waals surface area contributed by atoms with Crippen LogP contribution in [0.3, 0.4) is 0 Å². The predicted molar refractivity (Wildman–Crippen MR) is 73.3 cm³/mol. The van der Waals surface area contributed by atoms with Crippen molar-refractivity contribution in [2.75, 3.05) is 18.2 Å². The number of carbonyl (C=O) groups excluding carboxylic acids is 1. The van der Waals surface area contributed by atoms with Crippen molar-refractivity contribution in [3.05, 3.63) is 35.7 Å². The highest BCUT2D eigenvalue weighted by Gasteiger charge is 2.18. The zero-order valence-corrected chi connectivity index (χ0v) is 11.5. The first-order valence-electron chi connectivity index (χ1n) is 6.04. The minimum Gasteiger partial charge on any atom is -0.465 e. The number of nitrogens with one attached hydrogen (secondary N) is 1. The minimum atomic E-state index is -0.511. The first-order valence-corrected chi connectivity index (χ1v) is 6.04. The van der Waals surface area contributed by atoms with Gasteiger partial charge in [-0.1, -0.05) is 0 Å². The second-order valence-electron chi connectivity index (χ2n) is 4.33. The Morgan fingerprint density at radius 2 is 2.20 bits per heavy atom. The summed E-state index contributed by atoms with van der Waals surface area (Å²) in [5.74, 6) is 1.08. The number of nitrogens with zero attached hydrogens (tertiary/aromatic N) is 2. The maximum Gasteiger partial charge on any atom is 0.341 e. The number of aryl methyl sites for hydroxylation is 1. The van der Waals surface area contributed by atoms with Crippen LogP contribution in [-0.4, -0.2) is 23.0 Å². The van der Waals surface area contributed by atoms with Crippen molar-refractivity contribution < 1.29 is 13.9 Å². The third-order valence-corrected chi connectivity index (χ3v) is 2.68. The lowest BCUT2D eigenvalue weighted by Crippen LogP contribution is -2.14. The van der Waals surface area contributed by atoms with Crippen LogP contribution >= 0.6 is 0 Å². The average Bonchev–Trinajstić information content (AvgIpc) is 2.86. The lowest BCUT2D eigenvalue weighted by Gasteiger charge is -2.14. The molecule has 0 amide bonds. The lowest BCUT2D eigenvalue weighted by molar-refractivity contribution is 0.0601. The van der Waals surface area contributed by atoms with Gasteiger partial charge >= 0.3 is 5.97 Å². The third-order valence-electron chi connectivity index (χ3n) is 2.68. The van der Waals surface area contributed by atoms with Crippen molar-refractivity contribution in [2.24, 2.45) is 0 Å². The Hall–Kier alpha value is -2.57. The van der Waals surface area contributed by atoms with Gasteiger partial charge in [-0.3, -0.25) is 0 Å². The summed E-state index contributed by atoms with van der Waals surface area (Å²) in [5, 5.41) is 3.06. The Balaban J connectivity index is 2.26. The van der Waals surface area contributed by atoms with Crippen molar-refractivity contribution in [3.63, 3.8) is 0 Å². The molecule has 0 radical (unpaired) electrons. The highest BCUT2D eigenvalue weighted by Crippen LogP contribution is 2.22. The van der Waals surface area contributed by atoms with Crippen LogP contribution < -0.4 is 11.1 Å². The van der Waals surface area contributed by atoms with Crippen LogP contribution in [-0.2, 0) is 4.74 Å². The molecule has 7 heteroatoms. The summed E-state index contributed by atoms with van der Waals surface area (Å²) in [7, 11) is 1.30. The van der Waals surface area contributed by atoms with E-state index < -0.39 is 5.97 Å². The van der Waals surface area contributed by atoms with E-state index in [1.165, 1.54) is 19.4 Å². The summed E-state index contributed by atoms with van der Waals surface area (Å²) in [6.07, 6.45) is 3.09. The Morgan fingerprint density at radius 3 is 2.80 bits per heavy atom. The van der Waals surface area contributed by atoms with E-state index in [1.54, 1.807) is 6.20 Å². The first-order chi connectivity index (χ1) is 9.51. The van der Waals surface area contributed by atoms with Gasteiger partial charge in [0.15, 0.2) is 0 Å². The van der Waals surface area contributed by atoms with E-state index in [9.17, 15) is 4.79 Å². The van der Waals surface area contributed by atoms with E-state index in [4.69, 9.17) is 14.9 Å². The number of pyridine rings is 1. The lowest BCUT2D eigenvalue weighted by atomic mass is 10.2. The molecule has 106 valence electrons. The molecule has 0 spiro atoms. The molecule has 1 unspecified atom stereocenters. The van der Waals surface area contributed by atoms with Gasteiger partial charge in [-0.2, -0.15) is 0 Å². The second-order valence-corrected chi connectivity index (χ2v) is 4.33. The van der Waals surface area contributed by atoms with Crippen LogP contribution in [0.4, 0.5) is 11.5 Å². The fourth-order valence-electron chi connectivity index (χ4n) is 1.70. The average molecular weight is 276 g/mol. The minimum absolute atomic E-state index is 0.247. The standard InChI is InChI=1S/C13H16N4O3/c1-7-5-16-12(20-7)8(2)17-11-10(13(18)19-3)4-9(14)6-15-11/h4-6,8H,14H2,1-3H3,(H,15,17). The molecular weight excluding hydrogens is 260 g/mol. The molecule has 2 aromatic rings.